The maximum atomic E-state index is 9.66. The Morgan fingerprint density at radius 1 is 1.13 bits per heavy atom. The fourth-order valence-electron chi connectivity index (χ4n) is 0.855. The molecular formula is C9H18O4S2. The van der Waals surface area contributed by atoms with Gasteiger partial charge in [-0.05, 0) is 11.5 Å². The van der Waals surface area contributed by atoms with Crippen molar-refractivity contribution < 1.29 is 20.4 Å². The highest BCUT2D eigenvalue weighted by Gasteiger charge is 2.22. The van der Waals surface area contributed by atoms with Gasteiger partial charge in [0.1, 0.15) is 18.0 Å². The van der Waals surface area contributed by atoms with Gasteiger partial charge in [-0.1, -0.05) is 13.8 Å². The third kappa shape index (κ3) is 5.12. The van der Waals surface area contributed by atoms with Crippen LogP contribution in [0.25, 0.3) is 0 Å². The van der Waals surface area contributed by atoms with Gasteiger partial charge in [-0.3, -0.25) is 0 Å². The zero-order chi connectivity index (χ0) is 11.8. The standard InChI is InChI=1S/C9H18O4S2/c1-3-14-9(15-4-2)8(13)7(12)6(11)5-10/h6-7,10-13H,3-5H2,1-2H3/t6-,7-/m1/s1. The molecular weight excluding hydrogens is 236 g/mol. The van der Waals surface area contributed by atoms with Crippen LogP contribution in [0.1, 0.15) is 13.8 Å². The van der Waals surface area contributed by atoms with Crippen LogP contribution in [0, 0.1) is 0 Å². The van der Waals surface area contributed by atoms with E-state index >= 15 is 0 Å². The summed E-state index contributed by atoms with van der Waals surface area (Å²) in [4.78, 5) is 0. The summed E-state index contributed by atoms with van der Waals surface area (Å²) in [6, 6.07) is 0. The molecule has 6 heteroatoms. The molecule has 90 valence electrons. The molecule has 0 unspecified atom stereocenters. The SMILES string of the molecule is CCSC(SCC)=C(O)[C@H](O)[C@H](O)CO. The number of hydrogen-bond acceptors (Lipinski definition) is 6. The van der Waals surface area contributed by atoms with Crippen molar-refractivity contribution >= 4 is 23.5 Å². The van der Waals surface area contributed by atoms with Crippen LogP contribution >= 0.6 is 23.5 Å². The van der Waals surface area contributed by atoms with Gasteiger partial charge in [0.2, 0.25) is 0 Å². The highest BCUT2D eigenvalue weighted by Crippen LogP contribution is 2.32. The zero-order valence-corrected chi connectivity index (χ0v) is 10.5. The first kappa shape index (κ1) is 15.1. The molecule has 0 aliphatic heterocycles. The summed E-state index contributed by atoms with van der Waals surface area (Å²) in [6.07, 6.45) is -2.75. The van der Waals surface area contributed by atoms with Crippen molar-refractivity contribution in [2.75, 3.05) is 18.1 Å². The van der Waals surface area contributed by atoms with E-state index in [0.717, 1.165) is 11.5 Å². The van der Waals surface area contributed by atoms with Crippen molar-refractivity contribution in [3.05, 3.63) is 10.00 Å². The Labute approximate surface area is 98.4 Å². The van der Waals surface area contributed by atoms with Gasteiger partial charge < -0.3 is 20.4 Å². The van der Waals surface area contributed by atoms with Crippen molar-refractivity contribution in [1.82, 2.24) is 0 Å². The van der Waals surface area contributed by atoms with Crippen LogP contribution in [0.4, 0.5) is 0 Å². The second kappa shape index (κ2) is 8.29. The second-order valence-electron chi connectivity index (χ2n) is 2.73. The van der Waals surface area contributed by atoms with Gasteiger partial charge in [0, 0.05) is 0 Å². The first-order valence-electron chi connectivity index (χ1n) is 4.74. The minimum Gasteiger partial charge on any atom is -0.508 e. The summed E-state index contributed by atoms with van der Waals surface area (Å²) in [5, 5.41) is 36.9. The van der Waals surface area contributed by atoms with E-state index in [2.05, 4.69) is 0 Å². The number of aliphatic hydroxyl groups excluding tert-OH is 4. The highest BCUT2D eigenvalue weighted by molar-refractivity contribution is 8.22. The Bertz CT molecular complexity index is 200. The lowest BCUT2D eigenvalue weighted by atomic mass is 10.2. The Morgan fingerprint density at radius 3 is 1.93 bits per heavy atom. The largest absolute Gasteiger partial charge is 0.508 e. The number of thioether (sulfide) groups is 2. The van der Waals surface area contributed by atoms with Crippen molar-refractivity contribution in [2.45, 2.75) is 26.1 Å². The highest BCUT2D eigenvalue weighted by atomic mass is 32.2. The van der Waals surface area contributed by atoms with Crippen LogP contribution in [-0.4, -0.2) is 50.7 Å². The Kier molecular flexibility index (Phi) is 8.36. The smallest absolute Gasteiger partial charge is 0.143 e. The fourth-order valence-corrected chi connectivity index (χ4v) is 2.96. The van der Waals surface area contributed by atoms with Crippen molar-refractivity contribution in [2.24, 2.45) is 0 Å². The molecule has 0 bridgehead atoms. The van der Waals surface area contributed by atoms with Crippen molar-refractivity contribution in [3.63, 3.8) is 0 Å². The maximum Gasteiger partial charge on any atom is 0.143 e. The van der Waals surface area contributed by atoms with E-state index in [1.165, 1.54) is 23.5 Å². The van der Waals surface area contributed by atoms with Gasteiger partial charge in [0.15, 0.2) is 0 Å². The minimum atomic E-state index is -1.41. The van der Waals surface area contributed by atoms with Gasteiger partial charge in [-0.15, -0.1) is 23.5 Å². The third-order valence-electron chi connectivity index (χ3n) is 1.59. The molecule has 0 aliphatic rings. The second-order valence-corrected chi connectivity index (χ2v) is 5.54. The quantitative estimate of drug-likeness (QED) is 0.506. The minimum absolute atomic E-state index is 0.254. The maximum absolute atomic E-state index is 9.66. The summed E-state index contributed by atoms with van der Waals surface area (Å²) in [5.74, 6) is 1.29. The molecule has 0 aromatic carbocycles. The lowest BCUT2D eigenvalue weighted by Gasteiger charge is -2.17. The van der Waals surface area contributed by atoms with Crippen molar-refractivity contribution in [3.8, 4) is 0 Å². The van der Waals surface area contributed by atoms with Crippen LogP contribution in [0.3, 0.4) is 0 Å². The van der Waals surface area contributed by atoms with Crippen LogP contribution in [0.15, 0.2) is 10.00 Å². The van der Waals surface area contributed by atoms with Crippen LogP contribution in [0.2, 0.25) is 0 Å². The first-order valence-corrected chi connectivity index (χ1v) is 6.71. The molecule has 0 aromatic rings. The molecule has 0 saturated heterocycles. The Balaban J connectivity index is 4.65. The summed E-state index contributed by atoms with van der Waals surface area (Å²) in [7, 11) is 0. The van der Waals surface area contributed by atoms with E-state index in [9.17, 15) is 10.2 Å². The topological polar surface area (TPSA) is 80.9 Å². The summed E-state index contributed by atoms with van der Waals surface area (Å²) in [6.45, 7) is 3.29. The number of rotatable bonds is 7. The van der Waals surface area contributed by atoms with E-state index in [4.69, 9.17) is 10.2 Å². The van der Waals surface area contributed by atoms with E-state index < -0.39 is 18.8 Å². The molecule has 4 nitrogen and oxygen atoms in total. The summed E-state index contributed by atoms with van der Waals surface area (Å²) < 4.78 is 0.597. The van der Waals surface area contributed by atoms with Crippen LogP contribution in [-0.2, 0) is 0 Å². The van der Waals surface area contributed by atoms with Gasteiger partial charge in [-0.25, -0.2) is 0 Å². The molecule has 0 heterocycles. The van der Waals surface area contributed by atoms with Gasteiger partial charge in [-0.2, -0.15) is 0 Å². The monoisotopic (exact) mass is 254 g/mol. The molecule has 0 rings (SSSR count). The molecule has 0 saturated carbocycles. The summed E-state index contributed by atoms with van der Waals surface area (Å²) in [5.41, 5.74) is 0. The molecule has 0 fully saturated rings. The molecule has 0 spiro atoms. The van der Waals surface area contributed by atoms with Gasteiger partial charge in [0.25, 0.3) is 0 Å². The van der Waals surface area contributed by atoms with Crippen molar-refractivity contribution in [1.29, 1.82) is 0 Å². The number of aliphatic hydroxyl groups is 4. The predicted octanol–water partition coefficient (Wildman–Crippen LogP) is 0.934. The lowest BCUT2D eigenvalue weighted by Crippen LogP contribution is -2.31. The predicted molar refractivity (Wildman–Crippen MR) is 65.0 cm³/mol. The molecule has 0 amide bonds. The molecule has 15 heavy (non-hydrogen) atoms. The van der Waals surface area contributed by atoms with Crippen LogP contribution < -0.4 is 0 Å². The molecule has 0 aliphatic carbocycles. The zero-order valence-electron chi connectivity index (χ0n) is 8.88. The molecule has 4 N–H and O–H groups in total. The average Bonchev–Trinajstić information content (AvgIpc) is 2.25. The van der Waals surface area contributed by atoms with E-state index in [1.54, 1.807) is 0 Å². The molecule has 2 atom stereocenters. The van der Waals surface area contributed by atoms with E-state index in [0.29, 0.717) is 4.24 Å². The molecule has 0 aromatic heterocycles. The van der Waals surface area contributed by atoms with E-state index in [1.807, 2.05) is 13.8 Å². The molecule has 0 radical (unpaired) electrons. The van der Waals surface area contributed by atoms with Gasteiger partial charge in [0.05, 0.1) is 10.8 Å². The Hall–Kier alpha value is 0.120. The van der Waals surface area contributed by atoms with Crippen LogP contribution in [0.5, 0.6) is 0 Å². The lowest BCUT2D eigenvalue weighted by molar-refractivity contribution is -0.0132. The first-order chi connectivity index (χ1) is 7.08. The Morgan fingerprint density at radius 2 is 1.60 bits per heavy atom. The summed E-state index contributed by atoms with van der Waals surface area (Å²) >= 11 is 2.81. The number of hydrogen-bond donors (Lipinski definition) is 4. The fraction of sp³-hybridized carbons (Fsp3) is 0.778. The van der Waals surface area contributed by atoms with E-state index in [-0.39, 0.29) is 5.76 Å². The van der Waals surface area contributed by atoms with Gasteiger partial charge >= 0.3 is 0 Å². The normalized spacial score (nSPS) is 14.7. The third-order valence-corrected chi connectivity index (χ3v) is 3.82. The average molecular weight is 254 g/mol.